The third kappa shape index (κ3) is 7.65. The normalized spacial score (nSPS) is 12.7. The molecule has 19 heavy (non-hydrogen) atoms. The molecule has 0 aliphatic rings. The van der Waals surface area contributed by atoms with Crippen molar-refractivity contribution in [1.29, 1.82) is 0 Å². The number of hydrogen-bond acceptors (Lipinski definition) is 2. The molecule has 0 saturated carbocycles. The van der Waals surface area contributed by atoms with E-state index >= 15 is 0 Å². The van der Waals surface area contributed by atoms with Gasteiger partial charge in [0.25, 0.3) is 0 Å². The first kappa shape index (κ1) is 17.7. The molecule has 0 amide bonds. The minimum Gasteiger partial charge on any atom is -0.478 e. The van der Waals surface area contributed by atoms with Crippen LogP contribution in [0.3, 0.4) is 0 Å². The number of rotatable bonds is 9. The van der Waals surface area contributed by atoms with E-state index in [1.165, 1.54) is 0 Å². The SMILES string of the molecule is CC(C)CCCC(C(=O)O)=C(CCC(C)C)C(=O)O. The van der Waals surface area contributed by atoms with Crippen LogP contribution in [0.5, 0.6) is 0 Å². The molecule has 0 saturated heterocycles. The zero-order valence-corrected chi connectivity index (χ0v) is 12.4. The van der Waals surface area contributed by atoms with Crippen molar-refractivity contribution in [2.45, 2.75) is 59.8 Å². The predicted molar refractivity (Wildman–Crippen MR) is 75.1 cm³/mol. The Bertz CT molecular complexity index is 340. The van der Waals surface area contributed by atoms with Crippen molar-refractivity contribution in [3.63, 3.8) is 0 Å². The topological polar surface area (TPSA) is 74.6 Å². The van der Waals surface area contributed by atoms with Crippen molar-refractivity contribution in [2.75, 3.05) is 0 Å². The van der Waals surface area contributed by atoms with Crippen molar-refractivity contribution in [3.8, 4) is 0 Å². The average molecular weight is 270 g/mol. The maximum absolute atomic E-state index is 11.2. The summed E-state index contributed by atoms with van der Waals surface area (Å²) in [6, 6.07) is 0. The van der Waals surface area contributed by atoms with Crippen LogP contribution in [0.15, 0.2) is 11.1 Å². The fraction of sp³-hybridized carbons (Fsp3) is 0.733. The number of aliphatic carboxylic acids is 2. The van der Waals surface area contributed by atoms with E-state index in [1.54, 1.807) is 0 Å². The van der Waals surface area contributed by atoms with E-state index in [-0.39, 0.29) is 11.1 Å². The Morgan fingerprint density at radius 1 is 0.789 bits per heavy atom. The highest BCUT2D eigenvalue weighted by Gasteiger charge is 2.20. The first-order valence-corrected chi connectivity index (χ1v) is 6.94. The zero-order valence-electron chi connectivity index (χ0n) is 12.4. The zero-order chi connectivity index (χ0) is 15.0. The Kier molecular flexibility index (Phi) is 8.12. The number of carboxylic acids is 2. The Hall–Kier alpha value is -1.32. The summed E-state index contributed by atoms with van der Waals surface area (Å²) in [5.74, 6) is -1.33. The van der Waals surface area contributed by atoms with E-state index in [0.717, 1.165) is 12.8 Å². The molecule has 0 aromatic heterocycles. The number of carboxylic acid groups (broad SMARTS) is 2. The third-order valence-electron chi connectivity index (χ3n) is 3.06. The average Bonchev–Trinajstić information content (AvgIpc) is 2.25. The molecule has 0 atom stereocenters. The summed E-state index contributed by atoms with van der Waals surface area (Å²) < 4.78 is 0. The fourth-order valence-electron chi connectivity index (χ4n) is 1.89. The lowest BCUT2D eigenvalue weighted by molar-refractivity contribution is -0.136. The summed E-state index contributed by atoms with van der Waals surface area (Å²) in [5, 5.41) is 18.4. The Balaban J connectivity index is 4.92. The Morgan fingerprint density at radius 3 is 1.58 bits per heavy atom. The smallest absolute Gasteiger partial charge is 0.332 e. The van der Waals surface area contributed by atoms with Crippen molar-refractivity contribution in [3.05, 3.63) is 11.1 Å². The molecular formula is C15H26O4. The van der Waals surface area contributed by atoms with Gasteiger partial charge in [-0.15, -0.1) is 0 Å². The predicted octanol–water partition coefficient (Wildman–Crippen LogP) is 3.71. The lowest BCUT2D eigenvalue weighted by Gasteiger charge is -2.11. The second kappa shape index (κ2) is 8.73. The van der Waals surface area contributed by atoms with Gasteiger partial charge in [0.15, 0.2) is 0 Å². The van der Waals surface area contributed by atoms with E-state index in [2.05, 4.69) is 13.8 Å². The highest BCUT2D eigenvalue weighted by atomic mass is 16.4. The van der Waals surface area contributed by atoms with Gasteiger partial charge < -0.3 is 10.2 Å². The monoisotopic (exact) mass is 270 g/mol. The van der Waals surface area contributed by atoms with Gasteiger partial charge in [0.2, 0.25) is 0 Å². The number of hydrogen-bond donors (Lipinski definition) is 2. The second-order valence-electron chi connectivity index (χ2n) is 5.79. The molecule has 0 aliphatic heterocycles. The van der Waals surface area contributed by atoms with Crippen LogP contribution in [0.25, 0.3) is 0 Å². The van der Waals surface area contributed by atoms with Crippen LogP contribution in [0.4, 0.5) is 0 Å². The molecule has 0 rings (SSSR count). The maximum Gasteiger partial charge on any atom is 0.332 e. The summed E-state index contributed by atoms with van der Waals surface area (Å²) in [7, 11) is 0. The van der Waals surface area contributed by atoms with Crippen molar-refractivity contribution >= 4 is 11.9 Å². The highest BCUT2D eigenvalue weighted by molar-refractivity contribution is 5.98. The van der Waals surface area contributed by atoms with Gasteiger partial charge in [0, 0.05) is 11.1 Å². The van der Waals surface area contributed by atoms with Gasteiger partial charge in [-0.1, -0.05) is 34.1 Å². The molecule has 0 aromatic rings. The standard InChI is InChI=1S/C15H26O4/c1-10(2)6-5-7-12(14(16)17)13(15(18)19)9-8-11(3)4/h10-11H,5-9H2,1-4H3,(H,16,17)(H,18,19). The van der Waals surface area contributed by atoms with Gasteiger partial charge in [-0.25, -0.2) is 9.59 Å². The lowest BCUT2D eigenvalue weighted by atomic mass is 9.94. The molecule has 0 bridgehead atoms. The van der Waals surface area contributed by atoms with Gasteiger partial charge in [-0.2, -0.15) is 0 Å². The molecular weight excluding hydrogens is 244 g/mol. The summed E-state index contributed by atoms with van der Waals surface area (Å²) in [5.41, 5.74) is 0.152. The van der Waals surface area contributed by atoms with Crippen LogP contribution < -0.4 is 0 Å². The molecule has 4 nitrogen and oxygen atoms in total. The summed E-state index contributed by atoms with van der Waals surface area (Å²) in [6.45, 7) is 8.14. The number of carbonyl (C=O) groups is 2. The highest BCUT2D eigenvalue weighted by Crippen LogP contribution is 2.21. The van der Waals surface area contributed by atoms with Crippen LogP contribution in [0, 0.1) is 11.8 Å². The summed E-state index contributed by atoms with van der Waals surface area (Å²) >= 11 is 0. The lowest BCUT2D eigenvalue weighted by Crippen LogP contribution is -2.12. The molecule has 4 heteroatoms. The molecule has 0 aliphatic carbocycles. The molecule has 0 radical (unpaired) electrons. The molecule has 0 fully saturated rings. The second-order valence-corrected chi connectivity index (χ2v) is 5.79. The van der Waals surface area contributed by atoms with Gasteiger partial charge in [-0.05, 0) is 37.5 Å². The van der Waals surface area contributed by atoms with E-state index in [9.17, 15) is 19.8 Å². The van der Waals surface area contributed by atoms with Crippen LogP contribution in [-0.4, -0.2) is 22.2 Å². The van der Waals surface area contributed by atoms with E-state index in [1.807, 2.05) is 13.8 Å². The largest absolute Gasteiger partial charge is 0.478 e. The van der Waals surface area contributed by atoms with E-state index in [4.69, 9.17) is 0 Å². The summed E-state index contributed by atoms with van der Waals surface area (Å²) in [4.78, 5) is 22.5. The van der Waals surface area contributed by atoms with Crippen molar-refractivity contribution < 1.29 is 19.8 Å². The molecule has 0 unspecified atom stereocenters. The third-order valence-corrected chi connectivity index (χ3v) is 3.06. The van der Waals surface area contributed by atoms with Crippen LogP contribution in [0.1, 0.15) is 59.8 Å². The first-order valence-electron chi connectivity index (χ1n) is 6.94. The Labute approximate surface area is 115 Å². The van der Waals surface area contributed by atoms with Crippen LogP contribution in [0.2, 0.25) is 0 Å². The van der Waals surface area contributed by atoms with Crippen LogP contribution >= 0.6 is 0 Å². The Morgan fingerprint density at radius 2 is 1.21 bits per heavy atom. The quantitative estimate of drug-likeness (QED) is 0.626. The molecule has 110 valence electrons. The summed E-state index contributed by atoms with van der Waals surface area (Å²) in [6.07, 6.45) is 3.00. The van der Waals surface area contributed by atoms with Gasteiger partial charge in [0.05, 0.1) is 0 Å². The van der Waals surface area contributed by atoms with E-state index < -0.39 is 11.9 Å². The van der Waals surface area contributed by atoms with Gasteiger partial charge in [-0.3, -0.25) is 0 Å². The minimum atomic E-state index is -1.09. The minimum absolute atomic E-state index is 0.0740. The van der Waals surface area contributed by atoms with Crippen LogP contribution in [-0.2, 0) is 9.59 Å². The maximum atomic E-state index is 11.2. The van der Waals surface area contributed by atoms with Crippen molar-refractivity contribution in [2.24, 2.45) is 11.8 Å². The van der Waals surface area contributed by atoms with Gasteiger partial charge >= 0.3 is 11.9 Å². The van der Waals surface area contributed by atoms with Gasteiger partial charge in [0.1, 0.15) is 0 Å². The molecule has 0 spiro atoms. The fourth-order valence-corrected chi connectivity index (χ4v) is 1.89. The first-order chi connectivity index (χ1) is 8.75. The molecule has 0 aromatic carbocycles. The molecule has 0 heterocycles. The van der Waals surface area contributed by atoms with Crippen molar-refractivity contribution in [1.82, 2.24) is 0 Å². The van der Waals surface area contributed by atoms with E-state index in [0.29, 0.717) is 31.1 Å². The molecule has 2 N–H and O–H groups in total.